The topological polar surface area (TPSA) is 84.3 Å². The van der Waals surface area contributed by atoms with Gasteiger partial charge in [-0.25, -0.2) is 23.5 Å². The number of aromatic nitrogens is 2. The molecule has 19 heavy (non-hydrogen) atoms. The van der Waals surface area contributed by atoms with Gasteiger partial charge in [-0.3, -0.25) is 0 Å². The minimum atomic E-state index is -2.76. The Morgan fingerprint density at radius 1 is 1.53 bits per heavy atom. The van der Waals surface area contributed by atoms with E-state index in [-0.39, 0.29) is 37.7 Å². The number of nitrogens with zero attached hydrogens (tertiary/aromatic N) is 2. The molecule has 1 aliphatic heterocycles. The van der Waals surface area contributed by atoms with E-state index in [2.05, 4.69) is 15.3 Å². The molecule has 0 aromatic carbocycles. The summed E-state index contributed by atoms with van der Waals surface area (Å²) in [6, 6.07) is 0. The number of hydrogen-bond donors (Lipinski definition) is 2. The van der Waals surface area contributed by atoms with Crippen LogP contribution in [0.5, 0.6) is 0 Å². The van der Waals surface area contributed by atoms with Crippen molar-refractivity contribution in [2.75, 3.05) is 25.1 Å². The van der Waals surface area contributed by atoms with Gasteiger partial charge < -0.3 is 15.2 Å². The van der Waals surface area contributed by atoms with Crippen LogP contribution >= 0.6 is 0 Å². The van der Waals surface area contributed by atoms with Gasteiger partial charge in [-0.1, -0.05) is 0 Å². The first kappa shape index (κ1) is 13.6. The van der Waals surface area contributed by atoms with E-state index in [0.29, 0.717) is 0 Å². The number of nitrogens with one attached hydrogen (secondary N) is 1. The smallest absolute Gasteiger partial charge is 0.356 e. The Balaban J connectivity index is 1.93. The summed E-state index contributed by atoms with van der Waals surface area (Å²) in [7, 11) is 0. The Hall–Kier alpha value is -1.83. The molecular weight excluding hydrogens is 260 g/mol. The fourth-order valence-electron chi connectivity index (χ4n) is 1.73. The molecule has 1 atom stereocenters. The summed E-state index contributed by atoms with van der Waals surface area (Å²) in [4.78, 5) is 18.0. The van der Waals surface area contributed by atoms with Crippen LogP contribution in [0.3, 0.4) is 0 Å². The molecule has 0 aliphatic carbocycles. The summed E-state index contributed by atoms with van der Waals surface area (Å²) < 4.78 is 32.0. The SMILES string of the molecule is O=C(O)c1cnc(NCC2COCCC2(F)F)cn1. The lowest BCUT2D eigenvalue weighted by Crippen LogP contribution is -2.41. The monoisotopic (exact) mass is 273 g/mol. The normalized spacial score (nSPS) is 21.9. The third kappa shape index (κ3) is 3.34. The van der Waals surface area contributed by atoms with Crippen molar-refractivity contribution in [3.8, 4) is 0 Å². The third-order valence-electron chi connectivity index (χ3n) is 2.90. The van der Waals surface area contributed by atoms with Crippen LogP contribution in [0.1, 0.15) is 16.9 Å². The molecule has 0 spiro atoms. The van der Waals surface area contributed by atoms with Crippen molar-refractivity contribution in [1.29, 1.82) is 0 Å². The number of aromatic carboxylic acids is 1. The first-order chi connectivity index (χ1) is 8.99. The molecule has 8 heteroatoms. The predicted octanol–water partition coefficient (Wildman–Crippen LogP) is 1.26. The Morgan fingerprint density at radius 3 is 2.89 bits per heavy atom. The van der Waals surface area contributed by atoms with Crippen molar-refractivity contribution in [3.05, 3.63) is 18.1 Å². The molecule has 0 bridgehead atoms. The molecule has 1 unspecified atom stereocenters. The van der Waals surface area contributed by atoms with E-state index in [0.717, 1.165) is 6.20 Å². The summed E-state index contributed by atoms with van der Waals surface area (Å²) in [6.45, 7) is 0.0470. The molecule has 1 saturated heterocycles. The van der Waals surface area contributed by atoms with Gasteiger partial charge in [0.2, 0.25) is 0 Å². The van der Waals surface area contributed by atoms with Gasteiger partial charge >= 0.3 is 5.97 Å². The van der Waals surface area contributed by atoms with Gasteiger partial charge in [0.25, 0.3) is 5.92 Å². The maximum absolute atomic E-state index is 13.5. The lowest BCUT2D eigenvalue weighted by atomic mass is 9.97. The van der Waals surface area contributed by atoms with Crippen LogP contribution in [-0.4, -0.2) is 46.7 Å². The lowest BCUT2D eigenvalue weighted by molar-refractivity contribution is -0.136. The largest absolute Gasteiger partial charge is 0.476 e. The highest BCUT2D eigenvalue weighted by atomic mass is 19.3. The molecule has 2 rings (SSSR count). The number of halogens is 2. The quantitative estimate of drug-likeness (QED) is 0.859. The van der Waals surface area contributed by atoms with Gasteiger partial charge in [0.1, 0.15) is 5.82 Å². The zero-order chi connectivity index (χ0) is 13.9. The van der Waals surface area contributed by atoms with E-state index < -0.39 is 17.8 Å². The van der Waals surface area contributed by atoms with Gasteiger partial charge in [-0.2, -0.15) is 0 Å². The Morgan fingerprint density at radius 2 is 2.32 bits per heavy atom. The van der Waals surface area contributed by atoms with Gasteiger partial charge in [0, 0.05) is 13.0 Å². The Kier molecular flexibility index (Phi) is 3.89. The molecule has 1 aromatic rings. The summed E-state index contributed by atoms with van der Waals surface area (Å²) in [5, 5.41) is 11.3. The highest BCUT2D eigenvalue weighted by Crippen LogP contribution is 2.32. The highest BCUT2D eigenvalue weighted by molar-refractivity contribution is 5.84. The average molecular weight is 273 g/mol. The molecular formula is C11H13F2N3O3. The number of hydrogen-bond acceptors (Lipinski definition) is 5. The van der Waals surface area contributed by atoms with Crippen LogP contribution in [0.15, 0.2) is 12.4 Å². The predicted molar refractivity (Wildman–Crippen MR) is 61.4 cm³/mol. The van der Waals surface area contributed by atoms with E-state index in [4.69, 9.17) is 9.84 Å². The highest BCUT2D eigenvalue weighted by Gasteiger charge is 2.41. The van der Waals surface area contributed by atoms with Gasteiger partial charge in [-0.15, -0.1) is 0 Å². The van der Waals surface area contributed by atoms with Crippen molar-refractivity contribution < 1.29 is 23.4 Å². The zero-order valence-electron chi connectivity index (χ0n) is 9.97. The maximum atomic E-state index is 13.5. The molecule has 0 amide bonds. The molecule has 2 heterocycles. The van der Waals surface area contributed by atoms with Crippen molar-refractivity contribution in [3.63, 3.8) is 0 Å². The summed E-state index contributed by atoms with van der Waals surface area (Å²) in [6.07, 6.45) is 1.98. The van der Waals surface area contributed by atoms with Crippen LogP contribution in [0.4, 0.5) is 14.6 Å². The number of carboxylic acids is 1. The first-order valence-electron chi connectivity index (χ1n) is 5.74. The summed E-state index contributed by atoms with van der Waals surface area (Å²) in [5.74, 6) is -4.63. The lowest BCUT2D eigenvalue weighted by Gasteiger charge is -2.31. The fraction of sp³-hybridized carbons (Fsp3) is 0.545. The zero-order valence-corrected chi connectivity index (χ0v) is 9.97. The van der Waals surface area contributed by atoms with Crippen LogP contribution in [0.2, 0.25) is 0 Å². The van der Waals surface area contributed by atoms with Gasteiger partial charge in [0.05, 0.1) is 31.5 Å². The van der Waals surface area contributed by atoms with Crippen LogP contribution in [-0.2, 0) is 4.74 Å². The molecule has 1 aromatic heterocycles. The fourth-order valence-corrected chi connectivity index (χ4v) is 1.73. The number of rotatable bonds is 4. The number of anilines is 1. The summed E-state index contributed by atoms with van der Waals surface area (Å²) >= 11 is 0. The molecule has 0 radical (unpaired) electrons. The summed E-state index contributed by atoms with van der Waals surface area (Å²) in [5.41, 5.74) is -0.197. The minimum Gasteiger partial charge on any atom is -0.476 e. The van der Waals surface area contributed by atoms with Crippen molar-refractivity contribution >= 4 is 11.8 Å². The van der Waals surface area contributed by atoms with Gasteiger partial charge in [0.15, 0.2) is 5.69 Å². The van der Waals surface area contributed by atoms with Crippen molar-refractivity contribution in [2.45, 2.75) is 12.3 Å². The molecule has 2 N–H and O–H groups in total. The Labute approximate surface area is 107 Å². The van der Waals surface area contributed by atoms with E-state index in [1.807, 2.05) is 0 Å². The molecule has 0 saturated carbocycles. The van der Waals surface area contributed by atoms with E-state index in [1.165, 1.54) is 6.20 Å². The third-order valence-corrected chi connectivity index (χ3v) is 2.90. The number of carbonyl (C=O) groups is 1. The molecule has 6 nitrogen and oxygen atoms in total. The number of carboxylic acid groups (broad SMARTS) is 1. The molecule has 1 fully saturated rings. The van der Waals surface area contributed by atoms with Crippen LogP contribution in [0, 0.1) is 5.92 Å². The number of alkyl halides is 2. The standard InChI is InChI=1S/C11H13F2N3O3/c12-11(13)1-2-19-6-7(11)3-15-9-5-14-8(4-16-9)10(17)18/h4-5,7H,1-3,6H2,(H,15,16)(H,17,18). The van der Waals surface area contributed by atoms with E-state index in [1.54, 1.807) is 0 Å². The molecule has 104 valence electrons. The van der Waals surface area contributed by atoms with Crippen molar-refractivity contribution in [2.24, 2.45) is 5.92 Å². The van der Waals surface area contributed by atoms with Crippen LogP contribution in [0.25, 0.3) is 0 Å². The Bertz CT molecular complexity index is 453. The minimum absolute atomic E-state index is 0.00586. The second kappa shape index (κ2) is 5.43. The maximum Gasteiger partial charge on any atom is 0.356 e. The van der Waals surface area contributed by atoms with Crippen molar-refractivity contribution in [1.82, 2.24) is 9.97 Å². The van der Waals surface area contributed by atoms with E-state index in [9.17, 15) is 13.6 Å². The van der Waals surface area contributed by atoms with E-state index >= 15 is 0 Å². The van der Waals surface area contributed by atoms with Gasteiger partial charge in [-0.05, 0) is 0 Å². The molecule has 1 aliphatic rings. The van der Waals surface area contributed by atoms with Crippen LogP contribution < -0.4 is 5.32 Å². The second-order valence-corrected chi connectivity index (χ2v) is 4.26. The first-order valence-corrected chi connectivity index (χ1v) is 5.74. The number of ether oxygens (including phenoxy) is 1. The average Bonchev–Trinajstić information content (AvgIpc) is 2.37. The second-order valence-electron chi connectivity index (χ2n) is 4.26.